The molecule has 6 rings (SSSR count). The van der Waals surface area contributed by atoms with Crippen LogP contribution in [0.25, 0.3) is 17.5 Å². The van der Waals surface area contributed by atoms with E-state index in [9.17, 15) is 9.59 Å². The highest BCUT2D eigenvalue weighted by atomic mass is 16.5. The van der Waals surface area contributed by atoms with Crippen LogP contribution < -0.4 is 0 Å². The van der Waals surface area contributed by atoms with Gasteiger partial charge >= 0.3 is 0 Å². The molecule has 8 nitrogen and oxygen atoms in total. The first-order valence-electron chi connectivity index (χ1n) is 15.1. The molecule has 8 heteroatoms. The summed E-state index contributed by atoms with van der Waals surface area (Å²) in [6.07, 6.45) is 7.84. The standard InChI is InChI=1S/C37H35N5O3/c1-26-33(27(2)45-40-26)17-18-35(43)42(24-29-13-15-31(16-14-29)36-38-20-8-21-39-36)34(23-28-9-4-3-5-10-28)37(44)41-22-19-30-11-6-7-12-32(30)25-41/h3-18,20-21,34H,19,22-25H2,1-2H3. The molecular formula is C37H35N5O3. The molecule has 0 bridgehead atoms. The van der Waals surface area contributed by atoms with Gasteiger partial charge in [0, 0.05) is 55.7 Å². The number of rotatable bonds is 9. The zero-order valence-corrected chi connectivity index (χ0v) is 25.5. The third-order valence-corrected chi connectivity index (χ3v) is 8.27. The van der Waals surface area contributed by atoms with Crippen molar-refractivity contribution in [1.29, 1.82) is 0 Å². The predicted octanol–water partition coefficient (Wildman–Crippen LogP) is 5.99. The first-order chi connectivity index (χ1) is 22.0. The third-order valence-electron chi connectivity index (χ3n) is 8.27. The van der Waals surface area contributed by atoms with E-state index in [2.05, 4.69) is 27.3 Å². The Morgan fingerprint density at radius 3 is 2.31 bits per heavy atom. The van der Waals surface area contributed by atoms with Crippen molar-refractivity contribution in [2.45, 2.75) is 45.8 Å². The predicted molar refractivity (Wildman–Crippen MR) is 173 cm³/mol. The van der Waals surface area contributed by atoms with Crippen LogP contribution in [0.2, 0.25) is 0 Å². The molecule has 0 fully saturated rings. The van der Waals surface area contributed by atoms with Gasteiger partial charge in [-0.1, -0.05) is 84.0 Å². The van der Waals surface area contributed by atoms with Crippen LogP contribution in [0.5, 0.6) is 0 Å². The van der Waals surface area contributed by atoms with Crippen molar-refractivity contribution in [1.82, 2.24) is 24.9 Å². The molecule has 1 aliphatic heterocycles. The Balaban J connectivity index is 1.35. The van der Waals surface area contributed by atoms with Gasteiger partial charge in [-0.05, 0) is 54.7 Å². The van der Waals surface area contributed by atoms with Crippen molar-refractivity contribution in [3.05, 3.63) is 143 Å². The van der Waals surface area contributed by atoms with E-state index in [1.807, 2.05) is 85.5 Å². The van der Waals surface area contributed by atoms with Crippen LogP contribution in [-0.4, -0.2) is 49.3 Å². The van der Waals surface area contributed by atoms with E-state index in [0.29, 0.717) is 36.8 Å². The monoisotopic (exact) mass is 597 g/mol. The Labute approximate surface area is 263 Å². The number of aryl methyl sites for hydroxylation is 2. The fourth-order valence-electron chi connectivity index (χ4n) is 5.79. The quantitative estimate of drug-likeness (QED) is 0.194. The average molecular weight is 598 g/mol. The molecule has 2 amide bonds. The highest BCUT2D eigenvalue weighted by molar-refractivity contribution is 5.96. The van der Waals surface area contributed by atoms with Crippen LogP contribution in [0, 0.1) is 13.8 Å². The van der Waals surface area contributed by atoms with Crippen molar-refractivity contribution in [3.8, 4) is 11.4 Å². The van der Waals surface area contributed by atoms with Crippen molar-refractivity contribution in [2.75, 3.05) is 6.54 Å². The number of amides is 2. The lowest BCUT2D eigenvalue weighted by Gasteiger charge is -2.37. The van der Waals surface area contributed by atoms with Gasteiger partial charge in [0.05, 0.1) is 5.69 Å². The number of hydrogen-bond donors (Lipinski definition) is 0. The number of fused-ring (bicyclic) bond motifs is 1. The second-order valence-electron chi connectivity index (χ2n) is 11.3. The zero-order chi connectivity index (χ0) is 31.2. The number of carbonyl (C=O) groups excluding carboxylic acids is 2. The summed E-state index contributed by atoms with van der Waals surface area (Å²) in [4.78, 5) is 40.9. The summed E-state index contributed by atoms with van der Waals surface area (Å²) in [5.41, 5.74) is 6.62. The molecule has 45 heavy (non-hydrogen) atoms. The molecule has 0 saturated carbocycles. The first kappa shape index (κ1) is 29.7. The van der Waals surface area contributed by atoms with E-state index in [-0.39, 0.29) is 18.4 Å². The Morgan fingerprint density at radius 1 is 0.889 bits per heavy atom. The Hall–Kier alpha value is -5.37. The Kier molecular flexibility index (Phi) is 8.91. The maximum Gasteiger partial charge on any atom is 0.247 e. The topological polar surface area (TPSA) is 92.4 Å². The first-order valence-corrected chi connectivity index (χ1v) is 15.1. The molecule has 0 saturated heterocycles. The van der Waals surface area contributed by atoms with Gasteiger partial charge in [0.2, 0.25) is 11.8 Å². The number of carbonyl (C=O) groups is 2. The summed E-state index contributed by atoms with van der Waals surface area (Å²) in [6, 6.07) is 27.0. The van der Waals surface area contributed by atoms with Crippen LogP contribution in [0.1, 0.15) is 39.3 Å². The van der Waals surface area contributed by atoms with Crippen molar-refractivity contribution >= 4 is 17.9 Å². The molecule has 1 aliphatic rings. The molecule has 5 aromatic rings. The normalized spacial score (nSPS) is 13.4. The summed E-state index contributed by atoms with van der Waals surface area (Å²) in [5, 5.41) is 4.02. The number of hydrogen-bond acceptors (Lipinski definition) is 6. The molecule has 3 heterocycles. The van der Waals surface area contributed by atoms with Gasteiger partial charge in [-0.3, -0.25) is 9.59 Å². The summed E-state index contributed by atoms with van der Waals surface area (Å²) >= 11 is 0. The van der Waals surface area contributed by atoms with Gasteiger partial charge in [0.15, 0.2) is 5.82 Å². The van der Waals surface area contributed by atoms with Crippen LogP contribution in [0.4, 0.5) is 0 Å². The van der Waals surface area contributed by atoms with E-state index in [1.54, 1.807) is 29.4 Å². The second kappa shape index (κ2) is 13.5. The van der Waals surface area contributed by atoms with Crippen molar-refractivity contribution in [3.63, 3.8) is 0 Å². The molecular weight excluding hydrogens is 562 g/mol. The smallest absolute Gasteiger partial charge is 0.247 e. The number of benzene rings is 3. The van der Waals surface area contributed by atoms with Crippen molar-refractivity contribution < 1.29 is 14.1 Å². The number of aromatic nitrogens is 3. The molecule has 0 radical (unpaired) electrons. The van der Waals surface area contributed by atoms with Gasteiger partial charge in [-0.15, -0.1) is 0 Å². The van der Waals surface area contributed by atoms with Gasteiger partial charge < -0.3 is 14.3 Å². The highest BCUT2D eigenvalue weighted by Crippen LogP contribution is 2.24. The molecule has 1 atom stereocenters. The Morgan fingerprint density at radius 2 is 1.60 bits per heavy atom. The van der Waals surface area contributed by atoms with Gasteiger partial charge in [0.25, 0.3) is 0 Å². The summed E-state index contributed by atoms with van der Waals surface area (Å²) < 4.78 is 5.31. The molecule has 0 spiro atoms. The molecule has 0 aliphatic carbocycles. The molecule has 2 aromatic heterocycles. The molecule has 1 unspecified atom stereocenters. The summed E-state index contributed by atoms with van der Waals surface area (Å²) in [6.45, 7) is 5.02. The van der Waals surface area contributed by atoms with E-state index < -0.39 is 6.04 Å². The fourth-order valence-corrected chi connectivity index (χ4v) is 5.79. The minimum absolute atomic E-state index is 0.0678. The molecule has 226 valence electrons. The third kappa shape index (κ3) is 6.91. The van der Waals surface area contributed by atoms with E-state index in [0.717, 1.165) is 34.2 Å². The van der Waals surface area contributed by atoms with Gasteiger partial charge in [0.1, 0.15) is 11.8 Å². The van der Waals surface area contributed by atoms with Crippen LogP contribution in [0.3, 0.4) is 0 Å². The zero-order valence-electron chi connectivity index (χ0n) is 25.5. The van der Waals surface area contributed by atoms with E-state index in [4.69, 9.17) is 4.52 Å². The lowest BCUT2D eigenvalue weighted by atomic mass is 9.97. The van der Waals surface area contributed by atoms with Crippen molar-refractivity contribution in [2.24, 2.45) is 0 Å². The van der Waals surface area contributed by atoms with Gasteiger partial charge in [-0.2, -0.15) is 0 Å². The lowest BCUT2D eigenvalue weighted by molar-refractivity contribution is -0.144. The molecule has 3 aromatic carbocycles. The SMILES string of the molecule is Cc1noc(C)c1C=CC(=O)N(Cc1ccc(-c2ncccn2)cc1)C(Cc1ccccc1)C(=O)N1CCc2ccccc2C1. The maximum absolute atomic E-state index is 14.5. The van der Waals surface area contributed by atoms with Crippen LogP contribution in [0.15, 0.2) is 108 Å². The Bertz CT molecular complexity index is 1780. The summed E-state index contributed by atoms with van der Waals surface area (Å²) in [7, 11) is 0. The van der Waals surface area contributed by atoms with Crippen LogP contribution >= 0.6 is 0 Å². The van der Waals surface area contributed by atoms with Crippen LogP contribution in [-0.2, 0) is 35.5 Å². The minimum Gasteiger partial charge on any atom is -0.361 e. The number of nitrogens with zero attached hydrogens (tertiary/aromatic N) is 5. The van der Waals surface area contributed by atoms with Gasteiger partial charge in [-0.25, -0.2) is 9.97 Å². The minimum atomic E-state index is -0.725. The lowest BCUT2D eigenvalue weighted by Crippen LogP contribution is -2.52. The molecule has 0 N–H and O–H groups in total. The average Bonchev–Trinajstić information content (AvgIpc) is 3.41. The fraction of sp³-hybridized carbons (Fsp3) is 0.216. The van der Waals surface area contributed by atoms with E-state index >= 15 is 0 Å². The maximum atomic E-state index is 14.5. The second-order valence-corrected chi connectivity index (χ2v) is 11.3. The summed E-state index contributed by atoms with van der Waals surface area (Å²) in [5.74, 6) is 0.923. The highest BCUT2D eigenvalue weighted by Gasteiger charge is 2.34. The van der Waals surface area contributed by atoms with E-state index in [1.165, 1.54) is 11.6 Å². The largest absolute Gasteiger partial charge is 0.361 e.